The van der Waals surface area contributed by atoms with Crippen LogP contribution in [0.1, 0.15) is 50.5 Å². The van der Waals surface area contributed by atoms with Gasteiger partial charge in [-0.3, -0.25) is 4.79 Å². The molecule has 0 saturated heterocycles. The fourth-order valence-electron chi connectivity index (χ4n) is 2.11. The lowest BCUT2D eigenvalue weighted by Gasteiger charge is -2.19. The SMILES string of the molecule is CCCCCCOc1ccc(C(CC(=O)O)C(F)(F)F)cc1. The Balaban J connectivity index is 2.63. The van der Waals surface area contributed by atoms with Gasteiger partial charge in [0.15, 0.2) is 0 Å². The van der Waals surface area contributed by atoms with Gasteiger partial charge in [-0.05, 0) is 24.1 Å². The molecule has 22 heavy (non-hydrogen) atoms. The normalized spacial score (nSPS) is 12.9. The van der Waals surface area contributed by atoms with Gasteiger partial charge in [0.25, 0.3) is 0 Å². The topological polar surface area (TPSA) is 46.5 Å². The molecule has 0 bridgehead atoms. The molecule has 1 aromatic rings. The van der Waals surface area contributed by atoms with E-state index in [1.54, 1.807) is 0 Å². The summed E-state index contributed by atoms with van der Waals surface area (Å²) >= 11 is 0. The third kappa shape index (κ3) is 6.37. The number of carboxylic acid groups (broad SMARTS) is 1. The first-order valence-electron chi connectivity index (χ1n) is 7.36. The zero-order valence-electron chi connectivity index (χ0n) is 12.5. The van der Waals surface area contributed by atoms with E-state index < -0.39 is 24.5 Å². The van der Waals surface area contributed by atoms with E-state index in [4.69, 9.17) is 9.84 Å². The number of ether oxygens (including phenoxy) is 1. The van der Waals surface area contributed by atoms with Gasteiger partial charge in [0.1, 0.15) is 5.75 Å². The summed E-state index contributed by atoms with van der Waals surface area (Å²) in [7, 11) is 0. The van der Waals surface area contributed by atoms with Crippen LogP contribution in [-0.2, 0) is 4.79 Å². The molecule has 0 aromatic heterocycles. The van der Waals surface area contributed by atoms with Crippen LogP contribution in [0.3, 0.4) is 0 Å². The van der Waals surface area contributed by atoms with Crippen LogP contribution in [-0.4, -0.2) is 23.9 Å². The lowest BCUT2D eigenvalue weighted by molar-refractivity contribution is -0.163. The highest BCUT2D eigenvalue weighted by atomic mass is 19.4. The number of aliphatic carboxylic acids is 1. The first-order chi connectivity index (χ1) is 10.3. The molecule has 1 rings (SSSR count). The van der Waals surface area contributed by atoms with E-state index in [9.17, 15) is 18.0 Å². The Kier molecular flexibility index (Phi) is 7.21. The number of benzene rings is 1. The lowest BCUT2D eigenvalue weighted by atomic mass is 9.95. The summed E-state index contributed by atoms with van der Waals surface area (Å²) < 4.78 is 44.1. The highest BCUT2D eigenvalue weighted by Crippen LogP contribution is 2.37. The number of hydrogen-bond donors (Lipinski definition) is 1. The van der Waals surface area contributed by atoms with Crippen molar-refractivity contribution in [1.29, 1.82) is 0 Å². The van der Waals surface area contributed by atoms with E-state index in [-0.39, 0.29) is 5.56 Å². The van der Waals surface area contributed by atoms with Crippen molar-refractivity contribution in [3.05, 3.63) is 29.8 Å². The summed E-state index contributed by atoms with van der Waals surface area (Å²) in [6, 6.07) is 5.47. The first-order valence-corrected chi connectivity index (χ1v) is 7.36. The van der Waals surface area contributed by atoms with Crippen molar-refractivity contribution in [2.75, 3.05) is 6.61 Å². The molecule has 1 N–H and O–H groups in total. The van der Waals surface area contributed by atoms with Gasteiger partial charge in [-0.15, -0.1) is 0 Å². The maximum atomic E-state index is 12.9. The lowest BCUT2D eigenvalue weighted by Crippen LogP contribution is -2.23. The Labute approximate surface area is 128 Å². The predicted molar refractivity (Wildman–Crippen MR) is 77.1 cm³/mol. The van der Waals surface area contributed by atoms with Gasteiger partial charge in [-0.2, -0.15) is 13.2 Å². The molecule has 0 radical (unpaired) electrons. The molecular formula is C16H21F3O3. The van der Waals surface area contributed by atoms with Crippen LogP contribution in [0.15, 0.2) is 24.3 Å². The highest BCUT2D eigenvalue weighted by molar-refractivity contribution is 5.68. The molecule has 0 aliphatic heterocycles. The van der Waals surface area contributed by atoms with Crippen LogP contribution in [0.25, 0.3) is 0 Å². The van der Waals surface area contributed by atoms with Crippen LogP contribution < -0.4 is 4.74 Å². The van der Waals surface area contributed by atoms with Crippen LogP contribution >= 0.6 is 0 Å². The van der Waals surface area contributed by atoms with Gasteiger partial charge in [0, 0.05) is 0 Å². The molecule has 1 aromatic carbocycles. The van der Waals surface area contributed by atoms with Crippen molar-refractivity contribution in [2.24, 2.45) is 0 Å². The van der Waals surface area contributed by atoms with Gasteiger partial charge < -0.3 is 9.84 Å². The van der Waals surface area contributed by atoms with Crippen LogP contribution in [0.5, 0.6) is 5.75 Å². The molecule has 124 valence electrons. The van der Waals surface area contributed by atoms with Gasteiger partial charge in [-0.25, -0.2) is 0 Å². The number of unbranched alkanes of at least 4 members (excludes halogenated alkanes) is 3. The highest BCUT2D eigenvalue weighted by Gasteiger charge is 2.41. The van der Waals surface area contributed by atoms with Gasteiger partial charge in [0.2, 0.25) is 0 Å². The van der Waals surface area contributed by atoms with Crippen molar-refractivity contribution in [1.82, 2.24) is 0 Å². The second-order valence-corrected chi connectivity index (χ2v) is 5.17. The fraction of sp³-hybridized carbons (Fsp3) is 0.562. The van der Waals surface area contributed by atoms with E-state index in [2.05, 4.69) is 6.92 Å². The van der Waals surface area contributed by atoms with Crippen molar-refractivity contribution in [3.8, 4) is 5.75 Å². The Hall–Kier alpha value is -1.72. The van der Waals surface area contributed by atoms with Crippen LogP contribution in [0.4, 0.5) is 13.2 Å². The second-order valence-electron chi connectivity index (χ2n) is 5.17. The number of carboxylic acids is 1. The quantitative estimate of drug-likeness (QED) is 0.667. The fourth-order valence-corrected chi connectivity index (χ4v) is 2.11. The van der Waals surface area contributed by atoms with E-state index in [0.29, 0.717) is 12.4 Å². The number of hydrogen-bond acceptors (Lipinski definition) is 2. The summed E-state index contributed by atoms with van der Waals surface area (Å²) in [4.78, 5) is 10.6. The molecule has 3 nitrogen and oxygen atoms in total. The Morgan fingerprint density at radius 2 is 1.82 bits per heavy atom. The Bertz CT molecular complexity index is 455. The van der Waals surface area contributed by atoms with E-state index in [0.717, 1.165) is 25.7 Å². The third-order valence-corrected chi connectivity index (χ3v) is 3.32. The van der Waals surface area contributed by atoms with E-state index >= 15 is 0 Å². The Morgan fingerprint density at radius 3 is 2.32 bits per heavy atom. The molecular weight excluding hydrogens is 297 g/mol. The zero-order valence-corrected chi connectivity index (χ0v) is 12.5. The maximum absolute atomic E-state index is 12.9. The van der Waals surface area contributed by atoms with Crippen LogP contribution in [0, 0.1) is 0 Å². The number of rotatable bonds is 9. The number of carbonyl (C=O) groups is 1. The standard InChI is InChI=1S/C16H21F3O3/c1-2-3-4-5-10-22-13-8-6-12(7-9-13)14(11-15(20)21)16(17,18)19/h6-9,14H,2-5,10-11H2,1H3,(H,20,21). The average Bonchev–Trinajstić information content (AvgIpc) is 2.44. The minimum Gasteiger partial charge on any atom is -0.494 e. The number of alkyl halides is 3. The molecule has 0 aliphatic carbocycles. The van der Waals surface area contributed by atoms with Gasteiger partial charge in [-0.1, -0.05) is 38.3 Å². The van der Waals surface area contributed by atoms with Crippen molar-refractivity contribution in [2.45, 2.75) is 51.1 Å². The Morgan fingerprint density at radius 1 is 1.18 bits per heavy atom. The molecule has 1 unspecified atom stereocenters. The van der Waals surface area contributed by atoms with Crippen molar-refractivity contribution < 1.29 is 27.8 Å². The molecule has 0 fully saturated rings. The smallest absolute Gasteiger partial charge is 0.396 e. The summed E-state index contributed by atoms with van der Waals surface area (Å²) in [5, 5.41) is 8.63. The largest absolute Gasteiger partial charge is 0.494 e. The van der Waals surface area contributed by atoms with Gasteiger partial charge in [0.05, 0.1) is 18.9 Å². The van der Waals surface area contributed by atoms with Crippen LogP contribution in [0.2, 0.25) is 0 Å². The summed E-state index contributed by atoms with van der Waals surface area (Å²) in [6.45, 7) is 2.63. The molecule has 0 heterocycles. The third-order valence-electron chi connectivity index (χ3n) is 3.32. The zero-order chi connectivity index (χ0) is 16.6. The molecule has 0 amide bonds. The maximum Gasteiger partial charge on any atom is 0.396 e. The van der Waals surface area contributed by atoms with Crippen molar-refractivity contribution >= 4 is 5.97 Å². The molecule has 6 heteroatoms. The van der Waals surface area contributed by atoms with E-state index in [1.807, 2.05) is 0 Å². The average molecular weight is 318 g/mol. The number of halogens is 3. The summed E-state index contributed by atoms with van der Waals surface area (Å²) in [6.07, 6.45) is -1.34. The van der Waals surface area contributed by atoms with E-state index in [1.165, 1.54) is 24.3 Å². The summed E-state index contributed by atoms with van der Waals surface area (Å²) in [5.74, 6) is -2.97. The molecule has 0 spiro atoms. The molecule has 1 atom stereocenters. The molecule has 0 saturated carbocycles. The second kappa shape index (κ2) is 8.66. The monoisotopic (exact) mass is 318 g/mol. The van der Waals surface area contributed by atoms with Crippen molar-refractivity contribution in [3.63, 3.8) is 0 Å². The minimum atomic E-state index is -4.58. The summed E-state index contributed by atoms with van der Waals surface area (Å²) in [5.41, 5.74) is -0.0618. The predicted octanol–water partition coefficient (Wildman–Crippen LogP) is 4.77. The van der Waals surface area contributed by atoms with Gasteiger partial charge >= 0.3 is 12.1 Å². The minimum absolute atomic E-state index is 0.0618. The first kappa shape index (κ1) is 18.3. The molecule has 0 aliphatic rings.